The van der Waals surface area contributed by atoms with Crippen molar-refractivity contribution in [3.05, 3.63) is 0 Å². The van der Waals surface area contributed by atoms with Crippen LogP contribution in [0.1, 0.15) is 32.1 Å². The molecule has 0 aromatic rings. The van der Waals surface area contributed by atoms with E-state index in [-0.39, 0.29) is 6.04 Å². The number of nitrogens with zero attached hydrogens (tertiary/aromatic N) is 1. The van der Waals surface area contributed by atoms with Gasteiger partial charge in [-0.25, -0.2) is 0 Å². The lowest BCUT2D eigenvalue weighted by molar-refractivity contribution is -0.0400. The summed E-state index contributed by atoms with van der Waals surface area (Å²) in [6.45, 7) is 0. The molecule has 4 saturated carbocycles. The van der Waals surface area contributed by atoms with E-state index in [4.69, 9.17) is 11.0 Å². The number of rotatable bonds is 1. The standard InChI is InChI=1S/C12H18N2/c13-6-11(14)12-9-2-7-1-8(4-9)5-10(12)3-7/h7-12H,1-5,14H2. The van der Waals surface area contributed by atoms with Crippen LogP contribution in [-0.2, 0) is 0 Å². The molecular weight excluding hydrogens is 172 g/mol. The fourth-order valence-corrected chi connectivity index (χ4v) is 4.64. The number of nitrogens with two attached hydrogens (primary N) is 1. The van der Waals surface area contributed by atoms with Crippen LogP contribution in [0, 0.1) is 40.9 Å². The third-order valence-corrected chi connectivity index (χ3v) is 4.86. The van der Waals surface area contributed by atoms with Gasteiger partial charge in [0.1, 0.15) is 0 Å². The van der Waals surface area contributed by atoms with Gasteiger partial charge < -0.3 is 5.73 Å². The van der Waals surface area contributed by atoms with Gasteiger partial charge in [0.2, 0.25) is 0 Å². The summed E-state index contributed by atoms with van der Waals surface area (Å²) in [6, 6.07) is 2.08. The molecule has 4 aliphatic carbocycles. The predicted molar refractivity (Wildman–Crippen MR) is 54.1 cm³/mol. The maximum absolute atomic E-state index is 8.94. The van der Waals surface area contributed by atoms with Crippen LogP contribution in [0.4, 0.5) is 0 Å². The molecule has 0 saturated heterocycles. The Balaban J connectivity index is 1.85. The summed E-state index contributed by atoms with van der Waals surface area (Å²) in [5.41, 5.74) is 5.94. The van der Waals surface area contributed by atoms with Gasteiger partial charge in [-0.3, -0.25) is 0 Å². The molecule has 4 rings (SSSR count). The lowest BCUT2D eigenvalue weighted by atomic mass is 9.50. The zero-order valence-corrected chi connectivity index (χ0v) is 8.52. The SMILES string of the molecule is N#CC(N)C1C2CC3CC(C2)CC1C3. The Labute approximate surface area is 85.5 Å². The predicted octanol–water partition coefficient (Wildman–Crippen LogP) is 1.91. The van der Waals surface area contributed by atoms with Crippen LogP contribution in [0.5, 0.6) is 0 Å². The second kappa shape index (κ2) is 2.97. The maximum atomic E-state index is 8.94. The van der Waals surface area contributed by atoms with Gasteiger partial charge >= 0.3 is 0 Å². The Kier molecular flexibility index (Phi) is 1.85. The first kappa shape index (κ1) is 8.73. The van der Waals surface area contributed by atoms with Gasteiger partial charge in [-0.15, -0.1) is 0 Å². The van der Waals surface area contributed by atoms with E-state index in [1.807, 2.05) is 0 Å². The van der Waals surface area contributed by atoms with Crippen molar-refractivity contribution in [1.29, 1.82) is 5.26 Å². The lowest BCUT2D eigenvalue weighted by Gasteiger charge is -2.55. The van der Waals surface area contributed by atoms with Crippen LogP contribution in [0.2, 0.25) is 0 Å². The highest BCUT2D eigenvalue weighted by atomic mass is 14.7. The summed E-state index contributed by atoms with van der Waals surface area (Å²) in [7, 11) is 0. The quantitative estimate of drug-likeness (QED) is 0.686. The van der Waals surface area contributed by atoms with Gasteiger partial charge in [0.25, 0.3) is 0 Å². The molecule has 1 atom stereocenters. The largest absolute Gasteiger partial charge is 0.316 e. The summed E-state index contributed by atoms with van der Waals surface area (Å²) in [5.74, 6) is 4.09. The second-order valence-corrected chi connectivity index (χ2v) is 5.66. The van der Waals surface area contributed by atoms with Crippen LogP contribution in [0.25, 0.3) is 0 Å². The second-order valence-electron chi connectivity index (χ2n) is 5.66. The Morgan fingerprint density at radius 3 is 1.93 bits per heavy atom. The zero-order valence-electron chi connectivity index (χ0n) is 8.52. The molecule has 2 N–H and O–H groups in total. The highest BCUT2D eigenvalue weighted by Gasteiger charge is 2.49. The van der Waals surface area contributed by atoms with Crippen LogP contribution in [0.3, 0.4) is 0 Å². The van der Waals surface area contributed by atoms with Gasteiger partial charge in [0.15, 0.2) is 0 Å². The third-order valence-electron chi connectivity index (χ3n) is 4.86. The fraction of sp³-hybridized carbons (Fsp3) is 0.917. The van der Waals surface area contributed by atoms with Crippen LogP contribution >= 0.6 is 0 Å². The molecule has 4 bridgehead atoms. The molecule has 4 aliphatic rings. The first-order chi connectivity index (χ1) is 6.78. The minimum Gasteiger partial charge on any atom is -0.316 e. The highest BCUT2D eigenvalue weighted by Crippen LogP contribution is 2.57. The molecule has 0 aromatic carbocycles. The monoisotopic (exact) mass is 190 g/mol. The molecule has 0 heterocycles. The average Bonchev–Trinajstić information content (AvgIpc) is 2.15. The van der Waals surface area contributed by atoms with Crippen molar-refractivity contribution in [1.82, 2.24) is 0 Å². The maximum Gasteiger partial charge on any atom is 0.0961 e. The van der Waals surface area contributed by atoms with Crippen molar-refractivity contribution in [3.8, 4) is 6.07 Å². The molecule has 2 heteroatoms. The Hall–Kier alpha value is -0.550. The minimum atomic E-state index is -0.190. The summed E-state index contributed by atoms with van der Waals surface area (Å²) < 4.78 is 0. The lowest BCUT2D eigenvalue weighted by Crippen LogP contribution is -2.51. The average molecular weight is 190 g/mol. The van der Waals surface area contributed by atoms with Gasteiger partial charge in [-0.1, -0.05) is 0 Å². The van der Waals surface area contributed by atoms with Crippen molar-refractivity contribution < 1.29 is 0 Å². The van der Waals surface area contributed by atoms with Crippen molar-refractivity contribution in [2.24, 2.45) is 35.3 Å². The molecule has 0 aliphatic heterocycles. The topological polar surface area (TPSA) is 49.8 Å². The summed E-state index contributed by atoms with van der Waals surface area (Å²) >= 11 is 0. The molecular formula is C12H18N2. The zero-order chi connectivity index (χ0) is 9.71. The van der Waals surface area contributed by atoms with Crippen molar-refractivity contribution >= 4 is 0 Å². The summed E-state index contributed by atoms with van der Waals surface area (Å²) in [5, 5.41) is 8.94. The highest BCUT2D eigenvalue weighted by molar-refractivity contribution is 5.06. The van der Waals surface area contributed by atoms with E-state index in [0.717, 1.165) is 23.7 Å². The Morgan fingerprint density at radius 1 is 1.00 bits per heavy atom. The minimum absolute atomic E-state index is 0.190. The molecule has 0 radical (unpaired) electrons. The van der Waals surface area contributed by atoms with Crippen LogP contribution < -0.4 is 5.73 Å². The van der Waals surface area contributed by atoms with E-state index in [0.29, 0.717) is 5.92 Å². The van der Waals surface area contributed by atoms with E-state index in [9.17, 15) is 0 Å². The van der Waals surface area contributed by atoms with Gasteiger partial charge in [-0.05, 0) is 61.7 Å². The third kappa shape index (κ3) is 1.12. The Bertz CT molecular complexity index is 251. The summed E-state index contributed by atoms with van der Waals surface area (Å²) in [4.78, 5) is 0. The van der Waals surface area contributed by atoms with Crippen LogP contribution in [0.15, 0.2) is 0 Å². The molecule has 0 amide bonds. The van der Waals surface area contributed by atoms with E-state index in [2.05, 4.69) is 6.07 Å². The molecule has 0 spiro atoms. The van der Waals surface area contributed by atoms with Crippen molar-refractivity contribution in [3.63, 3.8) is 0 Å². The molecule has 4 fully saturated rings. The summed E-state index contributed by atoms with van der Waals surface area (Å²) in [6.07, 6.45) is 6.95. The van der Waals surface area contributed by atoms with E-state index in [1.54, 1.807) is 0 Å². The van der Waals surface area contributed by atoms with E-state index >= 15 is 0 Å². The number of hydrogen-bond acceptors (Lipinski definition) is 2. The van der Waals surface area contributed by atoms with E-state index in [1.165, 1.54) is 32.1 Å². The molecule has 2 nitrogen and oxygen atoms in total. The van der Waals surface area contributed by atoms with E-state index < -0.39 is 0 Å². The first-order valence-corrected chi connectivity index (χ1v) is 5.93. The molecule has 76 valence electrons. The van der Waals surface area contributed by atoms with Crippen molar-refractivity contribution in [2.75, 3.05) is 0 Å². The molecule has 1 unspecified atom stereocenters. The number of nitriles is 1. The Morgan fingerprint density at radius 2 is 1.50 bits per heavy atom. The molecule has 0 aromatic heterocycles. The van der Waals surface area contributed by atoms with Crippen molar-refractivity contribution in [2.45, 2.75) is 38.1 Å². The van der Waals surface area contributed by atoms with Gasteiger partial charge in [0, 0.05) is 0 Å². The van der Waals surface area contributed by atoms with Gasteiger partial charge in [-0.2, -0.15) is 5.26 Å². The van der Waals surface area contributed by atoms with Crippen LogP contribution in [-0.4, -0.2) is 6.04 Å². The number of hydrogen-bond donors (Lipinski definition) is 1. The van der Waals surface area contributed by atoms with Gasteiger partial charge in [0.05, 0.1) is 12.1 Å². The normalized spacial score (nSPS) is 51.6. The first-order valence-electron chi connectivity index (χ1n) is 5.93. The smallest absolute Gasteiger partial charge is 0.0961 e. The fourth-order valence-electron chi connectivity index (χ4n) is 4.64. The molecule has 14 heavy (non-hydrogen) atoms.